The van der Waals surface area contributed by atoms with Gasteiger partial charge in [-0.25, -0.2) is 4.79 Å². The zero-order chi connectivity index (χ0) is 7.82. The van der Waals surface area contributed by atoms with Gasteiger partial charge in [-0.2, -0.15) is 5.26 Å². The zero-order valence-electron chi connectivity index (χ0n) is 5.53. The van der Waals surface area contributed by atoms with Crippen LogP contribution in [-0.4, -0.2) is 18.8 Å². The van der Waals surface area contributed by atoms with E-state index in [-0.39, 0.29) is 0 Å². The fourth-order valence-electron chi connectivity index (χ4n) is 0.257. The normalized spacial score (nSPS) is 9.20. The van der Waals surface area contributed by atoms with Gasteiger partial charge in [-0.3, -0.25) is 0 Å². The number of methoxy groups -OCH3 is 1. The molecule has 0 aromatic carbocycles. The maximum absolute atomic E-state index is 10.4. The van der Waals surface area contributed by atoms with E-state index in [1.807, 2.05) is 6.07 Å². The fourth-order valence-corrected chi connectivity index (χ4v) is 0.635. The third-order valence-corrected chi connectivity index (χ3v) is 1.27. The number of nitriles is 1. The maximum Gasteiger partial charge on any atom is 0.330 e. The lowest BCUT2D eigenvalue weighted by atomic mass is 10.7. The summed E-state index contributed by atoms with van der Waals surface area (Å²) in [6.07, 6.45) is 1.28. The lowest BCUT2D eigenvalue weighted by molar-refractivity contribution is -0.134. The fraction of sp³-hybridized carbons (Fsp3) is 0.333. The largest absolute Gasteiger partial charge is 0.466 e. The van der Waals surface area contributed by atoms with Gasteiger partial charge in [0.05, 0.1) is 18.9 Å². The van der Waals surface area contributed by atoms with Crippen LogP contribution in [0.3, 0.4) is 0 Å². The molecule has 0 aliphatic heterocycles. The van der Waals surface area contributed by atoms with E-state index >= 15 is 0 Å². The number of thioether (sulfide) groups is 1. The van der Waals surface area contributed by atoms with Crippen molar-refractivity contribution < 1.29 is 9.53 Å². The summed E-state index contributed by atoms with van der Waals surface area (Å²) in [7, 11) is 1.31. The smallest absolute Gasteiger partial charge is 0.330 e. The van der Waals surface area contributed by atoms with Gasteiger partial charge in [0.15, 0.2) is 0 Å². The highest BCUT2D eigenvalue weighted by atomic mass is 32.2. The van der Waals surface area contributed by atoms with Gasteiger partial charge >= 0.3 is 5.97 Å². The van der Waals surface area contributed by atoms with Gasteiger partial charge in [0, 0.05) is 6.08 Å². The van der Waals surface area contributed by atoms with Crippen LogP contribution in [0.2, 0.25) is 0 Å². The molecular weight excluding hydrogens is 150 g/mol. The van der Waals surface area contributed by atoms with Crippen LogP contribution in [0.4, 0.5) is 0 Å². The second-order valence-electron chi connectivity index (χ2n) is 1.30. The highest BCUT2D eigenvalue weighted by molar-refractivity contribution is 8.02. The molecule has 4 heteroatoms. The summed E-state index contributed by atoms with van der Waals surface area (Å²) in [5.74, 6) is -0.0431. The predicted octanol–water partition coefficient (Wildman–Crippen LogP) is 0.930. The average molecular weight is 157 g/mol. The Labute approximate surface area is 63.7 Å². The molecule has 0 saturated carbocycles. The van der Waals surface area contributed by atoms with Crippen molar-refractivity contribution in [1.82, 2.24) is 0 Å². The van der Waals surface area contributed by atoms with E-state index in [4.69, 9.17) is 5.26 Å². The molecule has 0 heterocycles. The van der Waals surface area contributed by atoms with E-state index in [0.717, 1.165) is 0 Å². The summed E-state index contributed by atoms with van der Waals surface area (Å²) in [6.45, 7) is 0. The van der Waals surface area contributed by atoms with Crippen molar-refractivity contribution in [2.45, 2.75) is 0 Å². The molecule has 0 atom stereocenters. The Morgan fingerprint density at radius 1 is 1.90 bits per heavy atom. The Bertz CT molecular complexity index is 171. The van der Waals surface area contributed by atoms with Gasteiger partial charge in [0.25, 0.3) is 0 Å². The number of hydrogen-bond donors (Lipinski definition) is 0. The molecule has 0 radical (unpaired) electrons. The minimum Gasteiger partial charge on any atom is -0.466 e. The first-order chi connectivity index (χ1) is 4.81. The van der Waals surface area contributed by atoms with E-state index in [1.165, 1.54) is 30.4 Å². The van der Waals surface area contributed by atoms with Crippen LogP contribution >= 0.6 is 11.8 Å². The van der Waals surface area contributed by atoms with Gasteiger partial charge in [-0.1, -0.05) is 0 Å². The maximum atomic E-state index is 10.4. The van der Waals surface area contributed by atoms with Gasteiger partial charge in [-0.05, 0) is 5.41 Å². The van der Waals surface area contributed by atoms with Crippen molar-refractivity contribution in [2.24, 2.45) is 0 Å². The van der Waals surface area contributed by atoms with E-state index in [0.29, 0.717) is 5.75 Å². The molecule has 3 nitrogen and oxygen atoms in total. The summed E-state index contributed by atoms with van der Waals surface area (Å²) in [6, 6.07) is 1.92. The SMILES string of the molecule is COC(=O)/C=C/SCC#N. The molecule has 0 saturated heterocycles. The van der Waals surface area contributed by atoms with Gasteiger partial charge in [0.2, 0.25) is 0 Å². The molecule has 0 aromatic rings. The van der Waals surface area contributed by atoms with Gasteiger partial charge < -0.3 is 4.74 Å². The van der Waals surface area contributed by atoms with E-state index in [9.17, 15) is 4.79 Å². The van der Waals surface area contributed by atoms with Crippen molar-refractivity contribution in [2.75, 3.05) is 12.9 Å². The monoisotopic (exact) mass is 157 g/mol. The van der Waals surface area contributed by atoms with Crippen molar-refractivity contribution >= 4 is 17.7 Å². The number of carbonyl (C=O) groups excluding carboxylic acids is 1. The lowest BCUT2D eigenvalue weighted by Crippen LogP contribution is -1.92. The minimum atomic E-state index is -0.398. The Kier molecular flexibility index (Phi) is 5.59. The van der Waals surface area contributed by atoms with Crippen molar-refractivity contribution in [3.05, 3.63) is 11.5 Å². The van der Waals surface area contributed by atoms with E-state index in [2.05, 4.69) is 4.74 Å². The third kappa shape index (κ3) is 5.19. The van der Waals surface area contributed by atoms with Crippen LogP contribution < -0.4 is 0 Å². The lowest BCUT2D eigenvalue weighted by Gasteiger charge is -1.86. The number of carbonyl (C=O) groups is 1. The first-order valence-corrected chi connectivity index (χ1v) is 3.59. The Hall–Kier alpha value is -0.950. The molecule has 0 fully saturated rings. The van der Waals surface area contributed by atoms with Crippen LogP contribution in [0.1, 0.15) is 0 Å². The predicted molar refractivity (Wildman–Crippen MR) is 39.2 cm³/mol. The van der Waals surface area contributed by atoms with Crippen LogP contribution in [-0.2, 0) is 9.53 Å². The Morgan fingerprint density at radius 3 is 3.10 bits per heavy atom. The van der Waals surface area contributed by atoms with Gasteiger partial charge in [-0.15, -0.1) is 11.8 Å². The minimum absolute atomic E-state index is 0.355. The molecular formula is C6H7NO2S. The number of hydrogen-bond acceptors (Lipinski definition) is 4. The number of nitrogens with zero attached hydrogens (tertiary/aromatic N) is 1. The zero-order valence-corrected chi connectivity index (χ0v) is 6.35. The summed E-state index contributed by atoms with van der Waals surface area (Å²) < 4.78 is 4.31. The molecule has 10 heavy (non-hydrogen) atoms. The topological polar surface area (TPSA) is 50.1 Å². The van der Waals surface area contributed by atoms with Crippen molar-refractivity contribution in [3.8, 4) is 6.07 Å². The molecule has 0 rings (SSSR count). The molecule has 0 aliphatic rings. The standard InChI is InChI=1S/C6H7NO2S/c1-9-6(8)2-4-10-5-3-7/h2,4H,5H2,1H3/b4-2+. The van der Waals surface area contributed by atoms with E-state index < -0.39 is 5.97 Å². The number of rotatable bonds is 3. The second kappa shape index (κ2) is 6.17. The molecule has 0 bridgehead atoms. The highest BCUT2D eigenvalue weighted by Crippen LogP contribution is 1.99. The first kappa shape index (κ1) is 9.05. The second-order valence-corrected chi connectivity index (χ2v) is 2.19. The quantitative estimate of drug-likeness (QED) is 0.347. The molecule has 0 N–H and O–H groups in total. The van der Waals surface area contributed by atoms with Crippen LogP contribution in [0.5, 0.6) is 0 Å². The van der Waals surface area contributed by atoms with Crippen molar-refractivity contribution in [1.29, 1.82) is 5.26 Å². The van der Waals surface area contributed by atoms with Crippen LogP contribution in [0.25, 0.3) is 0 Å². The number of esters is 1. The highest BCUT2D eigenvalue weighted by Gasteiger charge is 1.88. The summed E-state index contributed by atoms with van der Waals surface area (Å²) in [4.78, 5) is 10.4. The molecule has 0 amide bonds. The Balaban J connectivity index is 3.38. The first-order valence-electron chi connectivity index (χ1n) is 2.54. The third-order valence-electron chi connectivity index (χ3n) is 0.649. The number of ether oxygens (including phenoxy) is 1. The summed E-state index contributed by atoms with van der Waals surface area (Å²) in [5, 5.41) is 9.60. The molecule has 54 valence electrons. The molecule has 0 unspecified atom stereocenters. The summed E-state index contributed by atoms with van der Waals surface area (Å²) >= 11 is 1.25. The van der Waals surface area contributed by atoms with Crippen molar-refractivity contribution in [3.63, 3.8) is 0 Å². The molecule has 0 spiro atoms. The van der Waals surface area contributed by atoms with E-state index in [1.54, 1.807) is 0 Å². The van der Waals surface area contributed by atoms with Crippen LogP contribution in [0.15, 0.2) is 11.5 Å². The average Bonchev–Trinajstić information content (AvgIpc) is 1.98. The molecule has 0 aliphatic carbocycles. The Morgan fingerprint density at radius 2 is 2.60 bits per heavy atom. The molecule has 0 aromatic heterocycles. The summed E-state index contributed by atoms with van der Waals surface area (Å²) in [5.41, 5.74) is 0. The van der Waals surface area contributed by atoms with Crippen LogP contribution in [0, 0.1) is 11.3 Å². The van der Waals surface area contributed by atoms with Gasteiger partial charge in [0.1, 0.15) is 0 Å².